The van der Waals surface area contributed by atoms with Gasteiger partial charge in [0.05, 0.1) is 17.6 Å². The third kappa shape index (κ3) is 2.51. The molecule has 13 heavy (non-hydrogen) atoms. The Morgan fingerprint density at radius 2 is 2.23 bits per heavy atom. The van der Waals surface area contributed by atoms with Crippen LogP contribution < -0.4 is 9.64 Å². The molecule has 0 atom stereocenters. The standard InChI is InChI=1S/C9H11BrClNO/c1-12(6-10)7-3-4-9(13-2)8(11)5-7/h3-5H,6H2,1-2H3. The Bertz CT molecular complexity index is 293. The second-order valence-electron chi connectivity index (χ2n) is 2.64. The SMILES string of the molecule is COc1ccc(N(C)CBr)cc1Cl. The van der Waals surface area contributed by atoms with Crippen LogP contribution in [0.25, 0.3) is 0 Å². The molecule has 0 spiro atoms. The molecule has 72 valence electrons. The minimum absolute atomic E-state index is 0.632. The van der Waals surface area contributed by atoms with E-state index in [0.717, 1.165) is 11.1 Å². The predicted molar refractivity (Wildman–Crippen MR) is 60.2 cm³/mol. The molecular weight excluding hydrogens is 253 g/mol. The molecule has 0 aromatic heterocycles. The molecule has 0 heterocycles. The summed E-state index contributed by atoms with van der Waals surface area (Å²) in [5, 5.41) is 0.632. The van der Waals surface area contributed by atoms with Crippen LogP contribution in [0.3, 0.4) is 0 Å². The van der Waals surface area contributed by atoms with Gasteiger partial charge in [0.25, 0.3) is 0 Å². The maximum absolute atomic E-state index is 5.96. The van der Waals surface area contributed by atoms with Crippen molar-refractivity contribution in [2.45, 2.75) is 0 Å². The highest BCUT2D eigenvalue weighted by Crippen LogP contribution is 2.28. The lowest BCUT2D eigenvalue weighted by Gasteiger charge is -2.16. The van der Waals surface area contributed by atoms with Gasteiger partial charge in [0, 0.05) is 12.7 Å². The molecule has 0 bridgehead atoms. The Morgan fingerprint density at radius 3 is 2.69 bits per heavy atom. The lowest BCUT2D eigenvalue weighted by molar-refractivity contribution is 0.415. The number of rotatable bonds is 3. The van der Waals surface area contributed by atoms with Gasteiger partial charge in [0.15, 0.2) is 0 Å². The van der Waals surface area contributed by atoms with Crippen LogP contribution >= 0.6 is 27.5 Å². The van der Waals surface area contributed by atoms with E-state index in [4.69, 9.17) is 16.3 Å². The molecule has 0 radical (unpaired) electrons. The quantitative estimate of drug-likeness (QED) is 0.614. The van der Waals surface area contributed by atoms with E-state index < -0.39 is 0 Å². The van der Waals surface area contributed by atoms with Gasteiger partial charge in [0.2, 0.25) is 0 Å². The molecule has 0 unspecified atom stereocenters. The first-order valence-electron chi connectivity index (χ1n) is 3.79. The fraction of sp³-hybridized carbons (Fsp3) is 0.333. The zero-order valence-corrected chi connectivity index (χ0v) is 9.89. The van der Waals surface area contributed by atoms with Crippen LogP contribution in [0.5, 0.6) is 5.75 Å². The molecule has 0 aliphatic heterocycles. The summed E-state index contributed by atoms with van der Waals surface area (Å²) in [5.41, 5.74) is 1.83. The molecule has 0 aliphatic carbocycles. The molecule has 0 aliphatic rings. The Morgan fingerprint density at radius 1 is 1.54 bits per heavy atom. The summed E-state index contributed by atoms with van der Waals surface area (Å²) >= 11 is 9.33. The monoisotopic (exact) mass is 263 g/mol. The summed E-state index contributed by atoms with van der Waals surface area (Å²) < 4.78 is 5.05. The largest absolute Gasteiger partial charge is 0.495 e. The van der Waals surface area contributed by atoms with Crippen molar-refractivity contribution in [1.82, 2.24) is 0 Å². The molecule has 0 N–H and O–H groups in total. The number of hydrogen-bond donors (Lipinski definition) is 0. The van der Waals surface area contributed by atoms with E-state index in [9.17, 15) is 0 Å². The average molecular weight is 265 g/mol. The molecule has 1 aromatic rings. The lowest BCUT2D eigenvalue weighted by Crippen LogP contribution is -2.13. The van der Waals surface area contributed by atoms with Crippen molar-refractivity contribution in [2.75, 3.05) is 24.5 Å². The smallest absolute Gasteiger partial charge is 0.137 e. The van der Waals surface area contributed by atoms with Crippen LogP contribution in [0.4, 0.5) is 5.69 Å². The summed E-state index contributed by atoms with van der Waals surface area (Å²) in [6.45, 7) is 0. The summed E-state index contributed by atoms with van der Waals surface area (Å²) in [7, 11) is 3.59. The normalized spacial score (nSPS) is 9.85. The Balaban J connectivity index is 2.95. The van der Waals surface area contributed by atoms with Crippen molar-refractivity contribution < 1.29 is 4.74 Å². The third-order valence-corrected chi connectivity index (χ3v) is 2.80. The maximum atomic E-state index is 5.96. The molecular formula is C9H11BrClNO. The van der Waals surface area contributed by atoms with Crippen molar-refractivity contribution in [3.8, 4) is 5.75 Å². The highest BCUT2D eigenvalue weighted by atomic mass is 79.9. The number of alkyl halides is 1. The highest BCUT2D eigenvalue weighted by Gasteiger charge is 2.03. The number of benzene rings is 1. The summed E-state index contributed by atoms with van der Waals surface area (Å²) in [5.74, 6) is 0.702. The lowest BCUT2D eigenvalue weighted by atomic mass is 10.3. The maximum Gasteiger partial charge on any atom is 0.137 e. The first kappa shape index (κ1) is 10.7. The van der Waals surface area contributed by atoms with Gasteiger partial charge in [0.1, 0.15) is 5.75 Å². The Labute approximate surface area is 91.6 Å². The predicted octanol–water partition coefficient (Wildman–Crippen LogP) is 3.14. The molecule has 1 aromatic carbocycles. The fourth-order valence-electron chi connectivity index (χ4n) is 0.962. The second-order valence-corrected chi connectivity index (χ2v) is 3.55. The third-order valence-electron chi connectivity index (χ3n) is 1.76. The molecule has 0 saturated carbocycles. The van der Waals surface area contributed by atoms with Crippen LogP contribution in [-0.2, 0) is 0 Å². The van der Waals surface area contributed by atoms with E-state index in [2.05, 4.69) is 15.9 Å². The van der Waals surface area contributed by atoms with Crippen LogP contribution in [0.2, 0.25) is 5.02 Å². The van der Waals surface area contributed by atoms with Gasteiger partial charge in [-0.2, -0.15) is 0 Å². The van der Waals surface area contributed by atoms with E-state index in [0.29, 0.717) is 10.8 Å². The van der Waals surface area contributed by atoms with Crippen molar-refractivity contribution in [2.24, 2.45) is 0 Å². The molecule has 0 amide bonds. The van der Waals surface area contributed by atoms with Gasteiger partial charge in [-0.1, -0.05) is 27.5 Å². The topological polar surface area (TPSA) is 12.5 Å². The zero-order chi connectivity index (χ0) is 9.84. The first-order valence-corrected chi connectivity index (χ1v) is 5.29. The summed E-state index contributed by atoms with van der Waals surface area (Å²) in [6.07, 6.45) is 0. The number of ether oxygens (including phenoxy) is 1. The van der Waals surface area contributed by atoms with Crippen molar-refractivity contribution in [1.29, 1.82) is 0 Å². The van der Waals surface area contributed by atoms with E-state index in [1.807, 2.05) is 30.1 Å². The Hall–Kier alpha value is -0.410. The van der Waals surface area contributed by atoms with Crippen molar-refractivity contribution in [3.63, 3.8) is 0 Å². The average Bonchev–Trinajstić information content (AvgIpc) is 2.16. The molecule has 0 fully saturated rings. The van der Waals surface area contributed by atoms with Crippen LogP contribution in [0.15, 0.2) is 18.2 Å². The molecule has 1 rings (SSSR count). The second kappa shape index (κ2) is 4.72. The van der Waals surface area contributed by atoms with Crippen LogP contribution in [-0.4, -0.2) is 19.6 Å². The molecule has 2 nitrogen and oxygen atoms in total. The van der Waals surface area contributed by atoms with Gasteiger partial charge >= 0.3 is 0 Å². The van der Waals surface area contributed by atoms with Gasteiger partial charge in [-0.25, -0.2) is 0 Å². The van der Waals surface area contributed by atoms with Crippen molar-refractivity contribution >= 4 is 33.2 Å². The van der Waals surface area contributed by atoms with Crippen molar-refractivity contribution in [3.05, 3.63) is 23.2 Å². The Kier molecular flexibility index (Phi) is 3.88. The number of anilines is 1. The minimum atomic E-state index is 0.632. The highest BCUT2D eigenvalue weighted by molar-refractivity contribution is 9.09. The van der Waals surface area contributed by atoms with E-state index in [1.54, 1.807) is 7.11 Å². The van der Waals surface area contributed by atoms with Crippen LogP contribution in [0, 0.1) is 0 Å². The minimum Gasteiger partial charge on any atom is -0.495 e. The van der Waals surface area contributed by atoms with E-state index in [1.165, 1.54) is 0 Å². The summed E-state index contributed by atoms with van der Waals surface area (Å²) in [6, 6.07) is 5.70. The van der Waals surface area contributed by atoms with E-state index >= 15 is 0 Å². The van der Waals surface area contributed by atoms with Gasteiger partial charge in [-0.15, -0.1) is 0 Å². The van der Waals surface area contributed by atoms with E-state index in [-0.39, 0.29) is 0 Å². The van der Waals surface area contributed by atoms with Gasteiger partial charge < -0.3 is 9.64 Å². The number of hydrogen-bond acceptors (Lipinski definition) is 2. The molecule has 4 heteroatoms. The number of halogens is 2. The zero-order valence-electron chi connectivity index (χ0n) is 7.55. The summed E-state index contributed by atoms with van der Waals surface area (Å²) in [4.78, 5) is 2.03. The fourth-order valence-corrected chi connectivity index (χ4v) is 1.50. The van der Waals surface area contributed by atoms with Crippen LogP contribution in [0.1, 0.15) is 0 Å². The van der Waals surface area contributed by atoms with Gasteiger partial charge in [-0.05, 0) is 18.2 Å². The number of nitrogens with zero attached hydrogens (tertiary/aromatic N) is 1. The molecule has 0 saturated heterocycles. The first-order chi connectivity index (χ1) is 6.19. The number of methoxy groups -OCH3 is 1. The van der Waals surface area contributed by atoms with Gasteiger partial charge in [-0.3, -0.25) is 0 Å².